The molecule has 0 saturated carbocycles. The van der Waals surface area contributed by atoms with Crippen LogP contribution in [0.25, 0.3) is 0 Å². The van der Waals surface area contributed by atoms with Crippen molar-refractivity contribution in [2.24, 2.45) is 0 Å². The number of thiophene rings is 1. The highest BCUT2D eigenvalue weighted by atomic mass is 32.1. The number of para-hydroxylation sites is 1. The molecule has 0 bridgehead atoms. The Bertz CT molecular complexity index is 721. The summed E-state index contributed by atoms with van der Waals surface area (Å²) in [4.78, 5) is 15.6. The van der Waals surface area contributed by atoms with Crippen LogP contribution in [0.2, 0.25) is 0 Å². The first-order chi connectivity index (χ1) is 12.8. The lowest BCUT2D eigenvalue weighted by atomic mass is 10.3. The molecule has 3 aromatic rings. The van der Waals surface area contributed by atoms with Crippen molar-refractivity contribution in [2.75, 3.05) is 19.7 Å². The van der Waals surface area contributed by atoms with E-state index < -0.39 is 0 Å². The first kappa shape index (κ1) is 18.2. The fraction of sp³-hybridized carbons (Fsp3) is 0.250. The van der Waals surface area contributed by atoms with Gasteiger partial charge >= 0.3 is 0 Å². The Morgan fingerprint density at radius 2 is 1.96 bits per heavy atom. The molecule has 0 aliphatic heterocycles. The van der Waals surface area contributed by atoms with E-state index >= 15 is 0 Å². The third-order valence-electron chi connectivity index (χ3n) is 3.72. The first-order valence-corrected chi connectivity index (χ1v) is 9.39. The normalized spacial score (nSPS) is 10.8. The van der Waals surface area contributed by atoms with Crippen molar-refractivity contribution in [1.29, 1.82) is 0 Å². The van der Waals surface area contributed by atoms with E-state index in [0.29, 0.717) is 32.8 Å². The maximum atomic E-state index is 12.3. The van der Waals surface area contributed by atoms with Crippen molar-refractivity contribution in [1.82, 2.24) is 10.2 Å². The van der Waals surface area contributed by atoms with Crippen LogP contribution in [0.15, 0.2) is 70.7 Å². The van der Waals surface area contributed by atoms with Gasteiger partial charge in [-0.2, -0.15) is 0 Å². The Balaban J connectivity index is 1.45. The first-order valence-electron chi connectivity index (χ1n) is 8.51. The molecule has 3 rings (SSSR count). The fourth-order valence-electron chi connectivity index (χ4n) is 2.55. The van der Waals surface area contributed by atoms with Gasteiger partial charge in [0.25, 0.3) is 0 Å². The molecule has 1 amide bonds. The van der Waals surface area contributed by atoms with Gasteiger partial charge in [-0.3, -0.25) is 9.69 Å². The van der Waals surface area contributed by atoms with E-state index in [4.69, 9.17) is 9.15 Å². The minimum absolute atomic E-state index is 0.0234. The Kier molecular flexibility index (Phi) is 6.87. The second-order valence-corrected chi connectivity index (χ2v) is 6.85. The number of hydrogen-bond acceptors (Lipinski definition) is 5. The second kappa shape index (κ2) is 9.79. The molecule has 136 valence electrons. The van der Waals surface area contributed by atoms with Gasteiger partial charge in [-0.15, -0.1) is 11.3 Å². The van der Waals surface area contributed by atoms with E-state index in [0.717, 1.165) is 11.5 Å². The second-order valence-electron chi connectivity index (χ2n) is 5.82. The average molecular weight is 370 g/mol. The van der Waals surface area contributed by atoms with Crippen molar-refractivity contribution >= 4 is 17.2 Å². The predicted molar refractivity (Wildman–Crippen MR) is 102 cm³/mol. The summed E-state index contributed by atoms with van der Waals surface area (Å²) in [6, 6.07) is 17.5. The molecule has 2 aromatic heterocycles. The van der Waals surface area contributed by atoms with Gasteiger partial charge < -0.3 is 14.5 Å². The largest absolute Gasteiger partial charge is 0.492 e. The van der Waals surface area contributed by atoms with E-state index in [9.17, 15) is 4.79 Å². The topological polar surface area (TPSA) is 54.7 Å². The third-order valence-corrected chi connectivity index (χ3v) is 4.58. The van der Waals surface area contributed by atoms with Crippen LogP contribution >= 0.6 is 11.3 Å². The van der Waals surface area contributed by atoms with E-state index in [1.807, 2.05) is 53.9 Å². The number of amides is 1. The van der Waals surface area contributed by atoms with Crippen LogP contribution in [0.5, 0.6) is 5.75 Å². The average Bonchev–Trinajstić information content (AvgIpc) is 3.34. The maximum absolute atomic E-state index is 12.3. The molecule has 1 N–H and O–H groups in total. The number of benzene rings is 1. The zero-order valence-electron chi connectivity index (χ0n) is 14.5. The Morgan fingerprint density at radius 3 is 2.69 bits per heavy atom. The van der Waals surface area contributed by atoms with Crippen LogP contribution in [0.1, 0.15) is 10.6 Å². The summed E-state index contributed by atoms with van der Waals surface area (Å²) in [6.45, 7) is 2.54. The van der Waals surface area contributed by atoms with E-state index in [1.54, 1.807) is 17.6 Å². The van der Waals surface area contributed by atoms with E-state index in [1.165, 1.54) is 4.88 Å². The molecule has 26 heavy (non-hydrogen) atoms. The lowest BCUT2D eigenvalue weighted by Crippen LogP contribution is -2.38. The summed E-state index contributed by atoms with van der Waals surface area (Å²) in [5.41, 5.74) is 0. The Morgan fingerprint density at radius 1 is 1.08 bits per heavy atom. The van der Waals surface area contributed by atoms with Gasteiger partial charge in [0.2, 0.25) is 5.91 Å². The molecule has 0 aliphatic rings. The van der Waals surface area contributed by atoms with Crippen LogP contribution in [0.3, 0.4) is 0 Å². The highest BCUT2D eigenvalue weighted by Crippen LogP contribution is 2.14. The number of nitrogens with one attached hydrogen (secondary N) is 1. The van der Waals surface area contributed by atoms with Crippen molar-refractivity contribution in [3.63, 3.8) is 0 Å². The number of carbonyl (C=O) groups is 1. The van der Waals surface area contributed by atoms with Crippen molar-refractivity contribution in [2.45, 2.75) is 13.1 Å². The Hall–Kier alpha value is -2.57. The molecule has 2 heterocycles. The molecule has 0 spiro atoms. The van der Waals surface area contributed by atoms with Gasteiger partial charge in [0, 0.05) is 11.4 Å². The lowest BCUT2D eigenvalue weighted by Gasteiger charge is -2.20. The minimum Gasteiger partial charge on any atom is -0.492 e. The highest BCUT2D eigenvalue weighted by molar-refractivity contribution is 7.09. The summed E-state index contributed by atoms with van der Waals surface area (Å²) < 4.78 is 11.0. The molecular weight excluding hydrogens is 348 g/mol. The summed E-state index contributed by atoms with van der Waals surface area (Å²) >= 11 is 1.69. The van der Waals surface area contributed by atoms with Gasteiger partial charge in [-0.05, 0) is 35.7 Å². The molecule has 0 aliphatic carbocycles. The number of rotatable bonds is 10. The number of carbonyl (C=O) groups excluding carboxylic acids is 1. The molecule has 1 aromatic carbocycles. The van der Waals surface area contributed by atoms with Crippen LogP contribution in [-0.4, -0.2) is 30.5 Å². The van der Waals surface area contributed by atoms with Crippen molar-refractivity contribution < 1.29 is 13.9 Å². The van der Waals surface area contributed by atoms with Crippen LogP contribution in [0, 0.1) is 0 Å². The molecule has 0 unspecified atom stereocenters. The number of ether oxygens (including phenoxy) is 1. The summed E-state index contributed by atoms with van der Waals surface area (Å²) in [5.74, 6) is 1.63. The maximum Gasteiger partial charge on any atom is 0.234 e. The minimum atomic E-state index is -0.0234. The molecule has 0 radical (unpaired) electrons. The zero-order chi connectivity index (χ0) is 18.0. The number of furan rings is 1. The van der Waals surface area contributed by atoms with Crippen LogP contribution < -0.4 is 10.1 Å². The third kappa shape index (κ3) is 6.06. The predicted octanol–water partition coefficient (Wildman–Crippen LogP) is 3.54. The molecule has 0 saturated heterocycles. The SMILES string of the molecule is O=C(CN(Cc1ccco1)Cc1cccs1)NCCOc1ccccc1. The Labute approximate surface area is 157 Å². The number of nitrogens with zero attached hydrogens (tertiary/aromatic N) is 1. The molecule has 6 heteroatoms. The summed E-state index contributed by atoms with van der Waals surface area (Å²) in [5, 5.41) is 4.95. The molecule has 0 atom stereocenters. The van der Waals surface area contributed by atoms with Gasteiger partial charge in [0.05, 0.1) is 25.9 Å². The van der Waals surface area contributed by atoms with Crippen LogP contribution in [-0.2, 0) is 17.9 Å². The van der Waals surface area contributed by atoms with E-state index in [2.05, 4.69) is 16.3 Å². The van der Waals surface area contributed by atoms with Crippen LogP contribution in [0.4, 0.5) is 0 Å². The monoisotopic (exact) mass is 370 g/mol. The standard InChI is InChI=1S/C20H22N2O3S/c23-20(21-10-12-25-17-6-2-1-3-7-17)16-22(14-18-8-4-11-24-18)15-19-9-5-13-26-19/h1-9,11,13H,10,12,14-16H2,(H,21,23). The van der Waals surface area contributed by atoms with E-state index in [-0.39, 0.29) is 5.91 Å². The van der Waals surface area contributed by atoms with Crippen molar-refractivity contribution in [3.8, 4) is 5.75 Å². The van der Waals surface area contributed by atoms with Crippen molar-refractivity contribution in [3.05, 3.63) is 76.9 Å². The quantitative estimate of drug-likeness (QED) is 0.555. The zero-order valence-corrected chi connectivity index (χ0v) is 15.3. The van der Waals surface area contributed by atoms with Gasteiger partial charge in [0.15, 0.2) is 0 Å². The van der Waals surface area contributed by atoms with Gasteiger partial charge in [-0.25, -0.2) is 0 Å². The van der Waals surface area contributed by atoms with Gasteiger partial charge in [0.1, 0.15) is 18.1 Å². The fourth-order valence-corrected chi connectivity index (χ4v) is 3.29. The summed E-state index contributed by atoms with van der Waals surface area (Å²) in [6.07, 6.45) is 1.65. The molecule has 5 nitrogen and oxygen atoms in total. The molecular formula is C20H22N2O3S. The van der Waals surface area contributed by atoms with Gasteiger partial charge in [-0.1, -0.05) is 24.3 Å². The lowest BCUT2D eigenvalue weighted by molar-refractivity contribution is -0.122. The smallest absolute Gasteiger partial charge is 0.234 e. The number of hydrogen-bond donors (Lipinski definition) is 1. The molecule has 0 fully saturated rings. The summed E-state index contributed by atoms with van der Waals surface area (Å²) in [7, 11) is 0. The highest BCUT2D eigenvalue weighted by Gasteiger charge is 2.13.